The third-order valence-electron chi connectivity index (χ3n) is 3.27. The van der Waals surface area contributed by atoms with Gasteiger partial charge in [0.15, 0.2) is 5.13 Å². The molecule has 1 amide bonds. The molecule has 0 radical (unpaired) electrons. The zero-order chi connectivity index (χ0) is 15.2. The topological polar surface area (TPSA) is 51.2 Å². The summed E-state index contributed by atoms with van der Waals surface area (Å²) in [7, 11) is 0. The van der Waals surface area contributed by atoms with Crippen molar-refractivity contribution < 1.29 is 22.7 Å². The number of nitrogens with zero attached hydrogens (tertiary/aromatic N) is 1. The van der Waals surface area contributed by atoms with E-state index >= 15 is 0 Å². The fraction of sp³-hybridized carbons (Fsp3) is 0.385. The van der Waals surface area contributed by atoms with E-state index in [-0.39, 0.29) is 17.6 Å². The Bertz CT molecular complexity index is 698. The Morgan fingerprint density at radius 2 is 2.19 bits per heavy atom. The van der Waals surface area contributed by atoms with Crippen LogP contribution in [0, 0.1) is 11.8 Å². The van der Waals surface area contributed by atoms with Crippen LogP contribution in [0.15, 0.2) is 18.2 Å². The van der Waals surface area contributed by atoms with Crippen LogP contribution >= 0.6 is 11.3 Å². The Morgan fingerprint density at radius 1 is 1.48 bits per heavy atom. The van der Waals surface area contributed by atoms with E-state index < -0.39 is 6.36 Å². The lowest BCUT2D eigenvalue weighted by atomic mass is 10.3. The van der Waals surface area contributed by atoms with Gasteiger partial charge >= 0.3 is 6.36 Å². The summed E-state index contributed by atoms with van der Waals surface area (Å²) in [5.74, 6) is 0.00738. The first kappa shape index (κ1) is 14.1. The molecule has 0 aliphatic heterocycles. The second-order valence-electron chi connectivity index (χ2n) is 5.01. The Balaban J connectivity index is 1.78. The van der Waals surface area contributed by atoms with Crippen LogP contribution in [0.5, 0.6) is 5.75 Å². The van der Waals surface area contributed by atoms with Gasteiger partial charge in [-0.2, -0.15) is 0 Å². The summed E-state index contributed by atoms with van der Waals surface area (Å²) >= 11 is 1.12. The van der Waals surface area contributed by atoms with Crippen molar-refractivity contribution in [3.8, 4) is 5.75 Å². The Labute approximate surface area is 121 Å². The second-order valence-corrected chi connectivity index (χ2v) is 6.04. The summed E-state index contributed by atoms with van der Waals surface area (Å²) in [4.78, 5) is 16.0. The molecule has 1 aromatic heterocycles. The number of hydrogen-bond donors (Lipinski definition) is 1. The first-order valence-corrected chi connectivity index (χ1v) is 7.11. The number of thiazole rings is 1. The summed E-state index contributed by atoms with van der Waals surface area (Å²) in [6.45, 7) is 1.99. The van der Waals surface area contributed by atoms with Crippen molar-refractivity contribution in [3.05, 3.63) is 18.2 Å². The van der Waals surface area contributed by atoms with E-state index in [2.05, 4.69) is 15.0 Å². The third-order valence-corrected chi connectivity index (χ3v) is 4.20. The lowest BCUT2D eigenvalue weighted by Gasteiger charge is -2.07. The van der Waals surface area contributed by atoms with Crippen molar-refractivity contribution >= 4 is 32.6 Å². The van der Waals surface area contributed by atoms with Crippen molar-refractivity contribution in [2.75, 3.05) is 5.32 Å². The van der Waals surface area contributed by atoms with E-state index in [1.54, 1.807) is 0 Å². The number of benzene rings is 1. The van der Waals surface area contributed by atoms with Crippen LogP contribution in [0.2, 0.25) is 0 Å². The lowest BCUT2D eigenvalue weighted by Crippen LogP contribution is -2.16. The van der Waals surface area contributed by atoms with Gasteiger partial charge in [0, 0.05) is 12.0 Å². The molecule has 2 aromatic rings. The van der Waals surface area contributed by atoms with E-state index in [4.69, 9.17) is 0 Å². The van der Waals surface area contributed by atoms with Gasteiger partial charge in [-0.3, -0.25) is 4.79 Å². The average molecular weight is 316 g/mol. The molecule has 8 heteroatoms. The molecule has 3 rings (SSSR count). The molecule has 1 aliphatic carbocycles. The monoisotopic (exact) mass is 316 g/mol. The molecule has 0 spiro atoms. The van der Waals surface area contributed by atoms with E-state index in [1.807, 2.05) is 6.92 Å². The van der Waals surface area contributed by atoms with Gasteiger partial charge in [-0.05, 0) is 24.5 Å². The highest BCUT2D eigenvalue weighted by molar-refractivity contribution is 7.22. The number of carbonyl (C=O) groups is 1. The van der Waals surface area contributed by atoms with Gasteiger partial charge in [-0.1, -0.05) is 18.3 Å². The molecular weight excluding hydrogens is 305 g/mol. The molecule has 2 unspecified atom stereocenters. The quantitative estimate of drug-likeness (QED) is 0.937. The smallest absolute Gasteiger partial charge is 0.406 e. The summed E-state index contributed by atoms with van der Waals surface area (Å²) in [6, 6.07) is 3.89. The first-order chi connectivity index (χ1) is 9.82. The van der Waals surface area contributed by atoms with Crippen LogP contribution in [0.3, 0.4) is 0 Å². The summed E-state index contributed by atoms with van der Waals surface area (Å²) in [6.07, 6.45) is -3.86. The van der Waals surface area contributed by atoms with Gasteiger partial charge in [0.2, 0.25) is 5.91 Å². The lowest BCUT2D eigenvalue weighted by molar-refractivity contribution is -0.274. The normalized spacial score (nSPS) is 21.3. The fourth-order valence-electron chi connectivity index (χ4n) is 2.04. The van der Waals surface area contributed by atoms with Crippen LogP contribution in [0.25, 0.3) is 10.2 Å². The van der Waals surface area contributed by atoms with Gasteiger partial charge in [0.1, 0.15) is 5.75 Å². The van der Waals surface area contributed by atoms with Gasteiger partial charge in [0.25, 0.3) is 0 Å². The van der Waals surface area contributed by atoms with Crippen LogP contribution in [0.4, 0.5) is 18.3 Å². The molecule has 1 saturated carbocycles. The van der Waals surface area contributed by atoms with Crippen LogP contribution in [-0.2, 0) is 4.79 Å². The highest BCUT2D eigenvalue weighted by Crippen LogP contribution is 2.39. The van der Waals surface area contributed by atoms with E-state index in [9.17, 15) is 18.0 Å². The van der Waals surface area contributed by atoms with Crippen molar-refractivity contribution in [2.45, 2.75) is 19.7 Å². The summed E-state index contributed by atoms with van der Waals surface area (Å²) < 4.78 is 40.9. The molecule has 1 aromatic carbocycles. The van der Waals surface area contributed by atoms with E-state index in [0.29, 0.717) is 21.3 Å². The highest BCUT2D eigenvalue weighted by atomic mass is 32.1. The SMILES string of the molecule is CC1CC1C(=O)Nc1nc2ccc(OC(F)(F)F)cc2s1. The molecule has 1 aliphatic rings. The molecule has 1 heterocycles. The fourth-order valence-corrected chi connectivity index (χ4v) is 2.94. The van der Waals surface area contributed by atoms with Crippen molar-refractivity contribution in [3.63, 3.8) is 0 Å². The van der Waals surface area contributed by atoms with Crippen LogP contribution in [0.1, 0.15) is 13.3 Å². The number of anilines is 1. The molecule has 112 valence electrons. The van der Waals surface area contributed by atoms with Gasteiger partial charge in [-0.15, -0.1) is 13.2 Å². The number of aromatic nitrogens is 1. The predicted molar refractivity (Wildman–Crippen MR) is 72.2 cm³/mol. The minimum atomic E-state index is -4.72. The molecule has 2 atom stereocenters. The third kappa shape index (κ3) is 3.26. The van der Waals surface area contributed by atoms with Crippen molar-refractivity contribution in [2.24, 2.45) is 11.8 Å². The zero-order valence-electron chi connectivity index (χ0n) is 10.9. The Hall–Kier alpha value is -1.83. The number of nitrogens with one attached hydrogen (secondary N) is 1. The number of ether oxygens (including phenoxy) is 1. The van der Waals surface area contributed by atoms with Crippen molar-refractivity contribution in [1.82, 2.24) is 4.98 Å². The Kier molecular flexibility index (Phi) is 3.27. The number of rotatable bonds is 3. The number of hydrogen-bond acceptors (Lipinski definition) is 4. The minimum absolute atomic E-state index is 0.0149. The predicted octanol–water partition coefficient (Wildman–Crippen LogP) is 3.79. The minimum Gasteiger partial charge on any atom is -0.406 e. The van der Waals surface area contributed by atoms with Gasteiger partial charge < -0.3 is 10.1 Å². The molecular formula is C13H11F3N2O2S. The Morgan fingerprint density at radius 3 is 2.81 bits per heavy atom. The van der Waals surface area contributed by atoms with Crippen molar-refractivity contribution in [1.29, 1.82) is 0 Å². The maximum atomic E-state index is 12.2. The van der Waals surface area contributed by atoms with Crippen LogP contribution < -0.4 is 10.1 Å². The van der Waals surface area contributed by atoms with E-state index in [1.165, 1.54) is 18.2 Å². The molecule has 0 bridgehead atoms. The number of amides is 1. The van der Waals surface area contributed by atoms with E-state index in [0.717, 1.165) is 17.8 Å². The average Bonchev–Trinajstić information content (AvgIpc) is 2.95. The maximum absolute atomic E-state index is 12.2. The first-order valence-electron chi connectivity index (χ1n) is 6.29. The van der Waals surface area contributed by atoms with Gasteiger partial charge in [-0.25, -0.2) is 4.98 Å². The number of halogens is 3. The largest absolute Gasteiger partial charge is 0.573 e. The maximum Gasteiger partial charge on any atom is 0.573 e. The molecule has 21 heavy (non-hydrogen) atoms. The van der Waals surface area contributed by atoms with Gasteiger partial charge in [0.05, 0.1) is 10.2 Å². The number of alkyl halides is 3. The summed E-state index contributed by atoms with van der Waals surface area (Å²) in [5.41, 5.74) is 0.522. The molecule has 1 fully saturated rings. The molecule has 4 nitrogen and oxygen atoms in total. The standard InChI is InChI=1S/C13H11F3N2O2S/c1-6-4-8(6)11(19)18-12-17-9-3-2-7(5-10(9)21-12)20-13(14,15)16/h2-3,5-6,8H,4H2,1H3,(H,17,18,19). The zero-order valence-corrected chi connectivity index (χ0v) is 11.7. The second kappa shape index (κ2) is 4.87. The number of fused-ring (bicyclic) bond motifs is 1. The van der Waals surface area contributed by atoms with Crippen LogP contribution in [-0.4, -0.2) is 17.3 Å². The highest BCUT2D eigenvalue weighted by Gasteiger charge is 2.39. The summed E-state index contributed by atoms with van der Waals surface area (Å²) in [5, 5.41) is 3.08. The number of carbonyl (C=O) groups excluding carboxylic acids is 1. The molecule has 0 saturated heterocycles. The molecule has 1 N–H and O–H groups in total.